The van der Waals surface area contributed by atoms with Gasteiger partial charge in [0.05, 0.1) is 17.5 Å². The maximum absolute atomic E-state index is 12.9. The monoisotopic (exact) mass is 379 g/mol. The molecule has 0 atom stereocenters. The molecule has 3 aromatic rings. The fraction of sp³-hybridized carbons (Fsp3) is 0.286. The molecule has 0 bridgehead atoms. The first-order valence-corrected chi connectivity index (χ1v) is 9.33. The zero-order valence-electron chi connectivity index (χ0n) is 15.3. The van der Waals surface area contributed by atoms with E-state index in [4.69, 9.17) is 5.11 Å². The van der Waals surface area contributed by atoms with Gasteiger partial charge in [0.15, 0.2) is 0 Å². The Morgan fingerprint density at radius 2 is 1.71 bits per heavy atom. The van der Waals surface area contributed by atoms with Crippen LogP contribution in [-0.4, -0.2) is 44.5 Å². The van der Waals surface area contributed by atoms with Gasteiger partial charge in [-0.15, -0.1) is 0 Å². The van der Waals surface area contributed by atoms with Gasteiger partial charge in [-0.05, 0) is 36.6 Å². The molecule has 2 aromatic carbocycles. The SMILES string of the molecule is O=C(O)Cc1ccccc1C(=O)N1CCC(n2c(=O)[nH]c3ccccc32)CC1. The summed E-state index contributed by atoms with van der Waals surface area (Å²) in [6, 6.07) is 14.5. The number of nitrogens with one attached hydrogen (secondary N) is 1. The van der Waals surface area contributed by atoms with Crippen LogP contribution in [0, 0.1) is 0 Å². The summed E-state index contributed by atoms with van der Waals surface area (Å²) in [7, 11) is 0. The van der Waals surface area contributed by atoms with E-state index < -0.39 is 5.97 Å². The minimum atomic E-state index is -0.960. The molecule has 0 spiro atoms. The smallest absolute Gasteiger partial charge is 0.326 e. The van der Waals surface area contributed by atoms with Crippen molar-refractivity contribution in [1.29, 1.82) is 0 Å². The van der Waals surface area contributed by atoms with Crippen LogP contribution in [0.1, 0.15) is 34.8 Å². The molecule has 2 N–H and O–H groups in total. The van der Waals surface area contributed by atoms with Crippen LogP contribution in [0.4, 0.5) is 0 Å². The lowest BCUT2D eigenvalue weighted by Crippen LogP contribution is -2.40. The number of likely N-dealkylation sites (tertiary alicyclic amines) is 1. The Morgan fingerprint density at radius 3 is 2.46 bits per heavy atom. The number of hydrogen-bond acceptors (Lipinski definition) is 3. The standard InChI is InChI=1S/C21H21N3O4/c25-19(26)13-14-5-1-2-6-16(14)20(27)23-11-9-15(10-12-23)24-18-8-4-3-7-17(18)22-21(24)28/h1-8,15H,9-13H2,(H,22,28)(H,25,26). The van der Waals surface area contributed by atoms with Gasteiger partial charge in [-0.1, -0.05) is 30.3 Å². The summed E-state index contributed by atoms with van der Waals surface area (Å²) in [5.41, 5.74) is 2.53. The molecular formula is C21H21N3O4. The molecule has 7 heteroatoms. The van der Waals surface area contributed by atoms with Gasteiger partial charge < -0.3 is 15.0 Å². The van der Waals surface area contributed by atoms with E-state index in [-0.39, 0.29) is 24.1 Å². The van der Waals surface area contributed by atoms with Crippen LogP contribution in [-0.2, 0) is 11.2 Å². The molecule has 0 unspecified atom stereocenters. The van der Waals surface area contributed by atoms with Crippen LogP contribution >= 0.6 is 0 Å². The molecule has 4 rings (SSSR count). The number of carboxylic acid groups (broad SMARTS) is 1. The lowest BCUT2D eigenvalue weighted by Gasteiger charge is -2.33. The summed E-state index contributed by atoms with van der Waals surface area (Å²) in [5.74, 6) is -1.11. The molecule has 0 saturated carbocycles. The predicted octanol–water partition coefficient (Wildman–Crippen LogP) is 2.43. The van der Waals surface area contributed by atoms with Crippen LogP contribution in [0.3, 0.4) is 0 Å². The second kappa shape index (κ2) is 7.34. The number of carboxylic acids is 1. The molecule has 1 aromatic heterocycles. The van der Waals surface area contributed by atoms with Gasteiger partial charge in [0.2, 0.25) is 0 Å². The Hall–Kier alpha value is -3.35. The molecule has 1 saturated heterocycles. The first kappa shape index (κ1) is 18.0. The van der Waals surface area contributed by atoms with Gasteiger partial charge in [0.25, 0.3) is 5.91 Å². The maximum Gasteiger partial charge on any atom is 0.326 e. The van der Waals surface area contributed by atoms with Crippen LogP contribution in [0.25, 0.3) is 11.0 Å². The quantitative estimate of drug-likeness (QED) is 0.728. The van der Waals surface area contributed by atoms with Crippen molar-refractivity contribution in [2.45, 2.75) is 25.3 Å². The highest BCUT2D eigenvalue weighted by atomic mass is 16.4. The third-order valence-corrected chi connectivity index (χ3v) is 5.33. The lowest BCUT2D eigenvalue weighted by molar-refractivity contribution is -0.136. The highest BCUT2D eigenvalue weighted by Gasteiger charge is 2.27. The van der Waals surface area contributed by atoms with E-state index in [1.165, 1.54) is 0 Å². The zero-order chi connectivity index (χ0) is 19.7. The Morgan fingerprint density at radius 1 is 1.04 bits per heavy atom. The Bertz CT molecular complexity index is 1090. The van der Waals surface area contributed by atoms with E-state index in [1.54, 1.807) is 33.7 Å². The van der Waals surface area contributed by atoms with Crippen molar-refractivity contribution in [3.8, 4) is 0 Å². The van der Waals surface area contributed by atoms with E-state index in [9.17, 15) is 14.4 Å². The molecule has 0 aliphatic carbocycles. The van der Waals surface area contributed by atoms with Gasteiger partial charge in [-0.3, -0.25) is 14.2 Å². The van der Waals surface area contributed by atoms with Gasteiger partial charge in [-0.25, -0.2) is 4.79 Å². The van der Waals surface area contributed by atoms with Gasteiger partial charge in [-0.2, -0.15) is 0 Å². The van der Waals surface area contributed by atoms with Crippen molar-refractivity contribution in [2.24, 2.45) is 0 Å². The summed E-state index contributed by atoms with van der Waals surface area (Å²) < 4.78 is 1.79. The number of benzene rings is 2. The van der Waals surface area contributed by atoms with Crippen molar-refractivity contribution in [2.75, 3.05) is 13.1 Å². The topological polar surface area (TPSA) is 95.4 Å². The maximum atomic E-state index is 12.9. The van der Waals surface area contributed by atoms with Gasteiger partial charge in [0, 0.05) is 24.7 Å². The number of piperidine rings is 1. The van der Waals surface area contributed by atoms with E-state index in [2.05, 4.69) is 4.98 Å². The molecule has 1 amide bonds. The first-order valence-electron chi connectivity index (χ1n) is 9.33. The normalized spacial score (nSPS) is 15.1. The number of aromatic nitrogens is 2. The van der Waals surface area contributed by atoms with Crippen molar-refractivity contribution in [1.82, 2.24) is 14.5 Å². The Kier molecular flexibility index (Phi) is 4.73. The van der Waals surface area contributed by atoms with E-state index >= 15 is 0 Å². The third-order valence-electron chi connectivity index (χ3n) is 5.33. The Balaban J connectivity index is 1.52. The number of carbonyl (C=O) groups is 2. The van der Waals surface area contributed by atoms with Crippen LogP contribution in [0.15, 0.2) is 53.3 Å². The minimum absolute atomic E-state index is 0.0296. The molecule has 1 fully saturated rings. The fourth-order valence-electron chi connectivity index (χ4n) is 3.98. The van der Waals surface area contributed by atoms with Crippen molar-refractivity contribution in [3.63, 3.8) is 0 Å². The molecule has 0 radical (unpaired) electrons. The molecular weight excluding hydrogens is 358 g/mol. The highest BCUT2D eigenvalue weighted by molar-refractivity contribution is 5.96. The number of H-pyrrole nitrogens is 1. The number of nitrogens with zero attached hydrogens (tertiary/aromatic N) is 2. The minimum Gasteiger partial charge on any atom is -0.481 e. The zero-order valence-corrected chi connectivity index (χ0v) is 15.3. The number of hydrogen-bond donors (Lipinski definition) is 2. The Labute approximate surface area is 161 Å². The highest BCUT2D eigenvalue weighted by Crippen LogP contribution is 2.26. The average molecular weight is 379 g/mol. The average Bonchev–Trinajstić information content (AvgIpc) is 3.03. The lowest BCUT2D eigenvalue weighted by atomic mass is 10.00. The second-order valence-corrected chi connectivity index (χ2v) is 7.07. The first-order chi connectivity index (χ1) is 13.5. The summed E-state index contributed by atoms with van der Waals surface area (Å²) in [4.78, 5) is 41.0. The summed E-state index contributed by atoms with van der Waals surface area (Å²) >= 11 is 0. The molecule has 7 nitrogen and oxygen atoms in total. The summed E-state index contributed by atoms with van der Waals surface area (Å²) in [6.45, 7) is 1.05. The van der Waals surface area contributed by atoms with Crippen molar-refractivity contribution in [3.05, 3.63) is 70.1 Å². The van der Waals surface area contributed by atoms with Gasteiger partial charge >= 0.3 is 11.7 Å². The number of fused-ring (bicyclic) bond motifs is 1. The van der Waals surface area contributed by atoms with Crippen molar-refractivity contribution < 1.29 is 14.7 Å². The summed E-state index contributed by atoms with van der Waals surface area (Å²) in [5, 5.41) is 9.08. The van der Waals surface area contributed by atoms with Gasteiger partial charge in [0.1, 0.15) is 0 Å². The number of rotatable bonds is 4. The molecule has 2 heterocycles. The van der Waals surface area contributed by atoms with Crippen molar-refractivity contribution >= 4 is 22.9 Å². The number of aromatic amines is 1. The summed E-state index contributed by atoms with van der Waals surface area (Å²) in [6.07, 6.45) is 1.17. The number of aliphatic carboxylic acids is 1. The molecule has 1 aliphatic heterocycles. The molecule has 144 valence electrons. The fourth-order valence-corrected chi connectivity index (χ4v) is 3.98. The number of imidazole rings is 1. The molecule has 1 aliphatic rings. The second-order valence-electron chi connectivity index (χ2n) is 7.07. The number of para-hydroxylation sites is 2. The van der Waals surface area contributed by atoms with E-state index in [1.807, 2.05) is 24.3 Å². The molecule has 28 heavy (non-hydrogen) atoms. The largest absolute Gasteiger partial charge is 0.481 e. The van der Waals surface area contributed by atoms with E-state index in [0.717, 1.165) is 11.0 Å². The van der Waals surface area contributed by atoms with E-state index in [0.29, 0.717) is 37.1 Å². The number of amides is 1. The van der Waals surface area contributed by atoms with Crippen LogP contribution < -0.4 is 5.69 Å². The number of carbonyl (C=O) groups excluding carboxylic acids is 1. The van der Waals surface area contributed by atoms with Crippen LogP contribution in [0.5, 0.6) is 0 Å². The van der Waals surface area contributed by atoms with Crippen LogP contribution in [0.2, 0.25) is 0 Å². The predicted molar refractivity (Wildman–Crippen MR) is 105 cm³/mol. The third kappa shape index (κ3) is 3.31.